The second-order valence-electron chi connectivity index (χ2n) is 6.36. The minimum atomic E-state index is -0.597. The fourth-order valence-corrected chi connectivity index (χ4v) is 3.06. The molecule has 0 atom stereocenters. The monoisotopic (exact) mass is 383 g/mol. The predicted molar refractivity (Wildman–Crippen MR) is 97.8 cm³/mol. The average Bonchev–Trinajstić information content (AvgIpc) is 3.33. The molecule has 0 aliphatic carbocycles. The van der Waals surface area contributed by atoms with Crippen molar-refractivity contribution in [3.8, 4) is 11.3 Å². The summed E-state index contributed by atoms with van der Waals surface area (Å²) in [6, 6.07) is 11.1. The number of aromatic nitrogens is 1. The molecule has 2 amide bonds. The van der Waals surface area contributed by atoms with Gasteiger partial charge in [0.15, 0.2) is 0 Å². The summed E-state index contributed by atoms with van der Waals surface area (Å²) in [4.78, 5) is 25.6. The number of rotatable bonds is 4. The maximum atomic E-state index is 14.1. The Hall–Kier alpha value is -3.55. The van der Waals surface area contributed by atoms with Crippen LogP contribution in [-0.2, 0) is 4.79 Å². The molecular weight excluding hydrogens is 368 g/mol. The van der Waals surface area contributed by atoms with E-state index in [2.05, 4.69) is 10.5 Å². The third-order valence-corrected chi connectivity index (χ3v) is 4.42. The summed E-state index contributed by atoms with van der Waals surface area (Å²) in [6.07, 6.45) is 1.03. The first kappa shape index (κ1) is 17.8. The van der Waals surface area contributed by atoms with Crippen LogP contribution in [0.25, 0.3) is 11.3 Å². The number of nitrogens with zero attached hydrogens (tertiary/aromatic N) is 2. The van der Waals surface area contributed by atoms with Crippen LogP contribution in [0.5, 0.6) is 0 Å². The highest BCUT2D eigenvalue weighted by Gasteiger charge is 2.25. The molecule has 1 aromatic heterocycles. The number of nitrogens with one attached hydrogen (secondary N) is 1. The Morgan fingerprint density at radius 3 is 2.75 bits per heavy atom. The Balaban J connectivity index is 1.53. The van der Waals surface area contributed by atoms with Gasteiger partial charge in [-0.15, -0.1) is 0 Å². The summed E-state index contributed by atoms with van der Waals surface area (Å²) in [5.41, 5.74) is 1.22. The molecule has 1 saturated heterocycles. The molecule has 0 saturated carbocycles. The van der Waals surface area contributed by atoms with Crippen molar-refractivity contribution in [3.63, 3.8) is 0 Å². The molecule has 1 N–H and O–H groups in total. The van der Waals surface area contributed by atoms with Gasteiger partial charge in [0, 0.05) is 30.3 Å². The standard InChI is InChI=1S/C20H15F2N3O3/c21-13-4-1-3-12(9-13)16-11-18(28-24-16)20(27)23-14-6-7-15(22)17(10-14)25-8-2-5-19(25)26/h1,3-4,6-7,9-11H,2,5,8H2,(H,23,27). The summed E-state index contributed by atoms with van der Waals surface area (Å²) in [5, 5.41) is 6.37. The van der Waals surface area contributed by atoms with Crippen LogP contribution in [0, 0.1) is 11.6 Å². The molecule has 2 heterocycles. The molecule has 28 heavy (non-hydrogen) atoms. The van der Waals surface area contributed by atoms with Crippen molar-refractivity contribution in [1.82, 2.24) is 5.16 Å². The van der Waals surface area contributed by atoms with Gasteiger partial charge in [0.1, 0.15) is 17.3 Å². The highest BCUT2D eigenvalue weighted by Crippen LogP contribution is 2.28. The van der Waals surface area contributed by atoms with Crippen LogP contribution in [-0.4, -0.2) is 23.5 Å². The van der Waals surface area contributed by atoms with Crippen LogP contribution in [0.4, 0.5) is 20.2 Å². The zero-order valence-electron chi connectivity index (χ0n) is 14.6. The van der Waals surface area contributed by atoms with Gasteiger partial charge < -0.3 is 14.7 Å². The molecule has 6 nitrogen and oxygen atoms in total. The van der Waals surface area contributed by atoms with E-state index >= 15 is 0 Å². The fraction of sp³-hybridized carbons (Fsp3) is 0.150. The van der Waals surface area contributed by atoms with Crippen LogP contribution in [0.15, 0.2) is 53.1 Å². The molecule has 1 aliphatic heterocycles. The van der Waals surface area contributed by atoms with E-state index in [1.165, 1.54) is 47.4 Å². The molecule has 0 bridgehead atoms. The summed E-state index contributed by atoms with van der Waals surface area (Å²) >= 11 is 0. The Bertz CT molecular complexity index is 1060. The van der Waals surface area contributed by atoms with Crippen LogP contribution >= 0.6 is 0 Å². The number of amides is 2. The number of hydrogen-bond acceptors (Lipinski definition) is 4. The van der Waals surface area contributed by atoms with Gasteiger partial charge in [-0.05, 0) is 36.8 Å². The minimum absolute atomic E-state index is 0.0811. The molecular formula is C20H15F2N3O3. The molecule has 1 aliphatic rings. The van der Waals surface area contributed by atoms with Crippen LogP contribution in [0.3, 0.4) is 0 Å². The molecule has 4 rings (SSSR count). The summed E-state index contributed by atoms with van der Waals surface area (Å²) in [7, 11) is 0. The zero-order chi connectivity index (χ0) is 19.7. The van der Waals surface area contributed by atoms with Gasteiger partial charge in [-0.25, -0.2) is 8.78 Å². The summed E-state index contributed by atoms with van der Waals surface area (Å²) in [6.45, 7) is 0.437. The topological polar surface area (TPSA) is 75.4 Å². The van der Waals surface area contributed by atoms with Gasteiger partial charge in [0.05, 0.1) is 5.69 Å². The normalized spacial score (nSPS) is 13.8. The Morgan fingerprint density at radius 2 is 2.00 bits per heavy atom. The van der Waals surface area contributed by atoms with E-state index in [-0.39, 0.29) is 17.4 Å². The SMILES string of the molecule is O=C(Nc1ccc(F)c(N2CCCC2=O)c1)c1cc(-c2cccc(F)c2)no1. The van der Waals surface area contributed by atoms with Crippen LogP contribution < -0.4 is 10.2 Å². The lowest BCUT2D eigenvalue weighted by atomic mass is 10.1. The van der Waals surface area contributed by atoms with Gasteiger partial charge in [-0.2, -0.15) is 0 Å². The first-order chi connectivity index (χ1) is 13.5. The van der Waals surface area contributed by atoms with Crippen LogP contribution in [0.2, 0.25) is 0 Å². The zero-order valence-corrected chi connectivity index (χ0v) is 14.6. The third kappa shape index (κ3) is 3.48. The smallest absolute Gasteiger partial charge is 0.294 e. The van der Waals surface area contributed by atoms with Crippen molar-refractivity contribution in [2.45, 2.75) is 12.8 Å². The van der Waals surface area contributed by atoms with Gasteiger partial charge in [-0.3, -0.25) is 9.59 Å². The van der Waals surface area contributed by atoms with Gasteiger partial charge in [-0.1, -0.05) is 17.3 Å². The first-order valence-corrected chi connectivity index (χ1v) is 8.65. The maximum absolute atomic E-state index is 14.1. The predicted octanol–water partition coefficient (Wildman–Crippen LogP) is 4.00. The molecule has 3 aromatic rings. The maximum Gasteiger partial charge on any atom is 0.294 e. The first-order valence-electron chi connectivity index (χ1n) is 8.65. The highest BCUT2D eigenvalue weighted by atomic mass is 19.1. The lowest BCUT2D eigenvalue weighted by Gasteiger charge is -2.17. The molecule has 142 valence electrons. The van der Waals surface area contributed by atoms with E-state index in [0.29, 0.717) is 36.3 Å². The van der Waals surface area contributed by atoms with E-state index in [4.69, 9.17) is 4.52 Å². The number of carbonyl (C=O) groups is 2. The van der Waals surface area contributed by atoms with Gasteiger partial charge >= 0.3 is 0 Å². The average molecular weight is 383 g/mol. The summed E-state index contributed by atoms with van der Waals surface area (Å²) < 4.78 is 32.5. The van der Waals surface area contributed by atoms with E-state index in [9.17, 15) is 18.4 Å². The number of carbonyl (C=O) groups excluding carboxylic acids is 2. The van der Waals surface area contributed by atoms with Crippen molar-refractivity contribution >= 4 is 23.2 Å². The number of anilines is 2. The van der Waals surface area contributed by atoms with Crippen molar-refractivity contribution < 1.29 is 22.9 Å². The molecule has 1 fully saturated rings. The lowest BCUT2D eigenvalue weighted by Crippen LogP contribution is -2.25. The fourth-order valence-electron chi connectivity index (χ4n) is 3.06. The Kier molecular flexibility index (Phi) is 4.60. The summed E-state index contributed by atoms with van der Waals surface area (Å²) in [5.74, 6) is -1.80. The van der Waals surface area contributed by atoms with E-state index < -0.39 is 17.5 Å². The molecule has 2 aromatic carbocycles. The molecule has 0 radical (unpaired) electrons. The van der Waals surface area contributed by atoms with Gasteiger partial charge in [0.25, 0.3) is 5.91 Å². The second kappa shape index (κ2) is 7.22. The van der Waals surface area contributed by atoms with Gasteiger partial charge in [0.2, 0.25) is 11.7 Å². The number of halogens is 2. The minimum Gasteiger partial charge on any atom is -0.350 e. The Morgan fingerprint density at radius 1 is 1.14 bits per heavy atom. The molecule has 8 heteroatoms. The van der Waals surface area contributed by atoms with Crippen molar-refractivity contribution in [1.29, 1.82) is 0 Å². The van der Waals surface area contributed by atoms with Crippen LogP contribution in [0.1, 0.15) is 23.4 Å². The molecule has 0 unspecified atom stereocenters. The Labute approximate surface area is 158 Å². The van der Waals surface area contributed by atoms with E-state index in [1.54, 1.807) is 6.07 Å². The third-order valence-electron chi connectivity index (χ3n) is 4.42. The highest BCUT2D eigenvalue weighted by molar-refractivity contribution is 6.03. The van der Waals surface area contributed by atoms with E-state index in [0.717, 1.165) is 0 Å². The van der Waals surface area contributed by atoms with Crippen molar-refractivity contribution in [3.05, 3.63) is 65.9 Å². The number of hydrogen-bond donors (Lipinski definition) is 1. The lowest BCUT2D eigenvalue weighted by molar-refractivity contribution is -0.117. The quantitative estimate of drug-likeness (QED) is 0.739. The largest absolute Gasteiger partial charge is 0.350 e. The van der Waals surface area contributed by atoms with E-state index in [1.807, 2.05) is 0 Å². The molecule has 0 spiro atoms. The second-order valence-corrected chi connectivity index (χ2v) is 6.36. The number of benzene rings is 2. The van der Waals surface area contributed by atoms with Crippen molar-refractivity contribution in [2.24, 2.45) is 0 Å². The van der Waals surface area contributed by atoms with Crippen molar-refractivity contribution in [2.75, 3.05) is 16.8 Å².